The van der Waals surface area contributed by atoms with E-state index in [-0.39, 0.29) is 127 Å². The molecule has 7 rings (SSSR count). The molecule has 0 aromatic rings. The number of nitrogens with zero attached hydrogens (tertiary/aromatic N) is 4. The lowest BCUT2D eigenvalue weighted by Crippen LogP contribution is -2.99. The van der Waals surface area contributed by atoms with Gasteiger partial charge in [-0.25, -0.2) is 0 Å². The number of hydrogen-bond donors (Lipinski definition) is 20. The zero-order chi connectivity index (χ0) is 36.8. The van der Waals surface area contributed by atoms with Gasteiger partial charge < -0.3 is 122 Å². The van der Waals surface area contributed by atoms with Crippen molar-refractivity contribution in [2.24, 2.45) is 0 Å². The Kier molecular flexibility index (Phi) is 13.5. The van der Waals surface area contributed by atoms with Crippen LogP contribution >= 0.6 is 0 Å². The van der Waals surface area contributed by atoms with Gasteiger partial charge in [0.25, 0.3) is 41.9 Å². The molecule has 6 bridgehead atoms. The van der Waals surface area contributed by atoms with E-state index in [0.717, 1.165) is 0 Å². The van der Waals surface area contributed by atoms with Crippen molar-refractivity contribution in [3.63, 3.8) is 0 Å². The van der Waals surface area contributed by atoms with Gasteiger partial charge in [-0.15, -0.1) is 0 Å². The lowest BCUT2D eigenvalue weighted by atomic mass is 9.42. The van der Waals surface area contributed by atoms with Gasteiger partial charge in [-0.2, -0.15) is 0 Å². The largest absolute Gasteiger partial charge is 0.378 e. The highest BCUT2D eigenvalue weighted by molar-refractivity contribution is 7.05. The SMILES string of the molecule is CNB1NB(C)NB(N2B3NB(C)NB(N3)N(B3NB(C)NB(C)N3)B3NB(NB(NB4NB(C)NB(C)N4C)N3)NB3NB(NC)N(C)B2N3)N1. The lowest BCUT2D eigenvalue weighted by Gasteiger charge is -2.54. The van der Waals surface area contributed by atoms with Crippen LogP contribution in [-0.2, 0) is 0 Å². The molecule has 0 aromatic carbocycles. The van der Waals surface area contributed by atoms with Crippen molar-refractivity contribution >= 4 is 127 Å². The van der Waals surface area contributed by atoms with Gasteiger partial charge in [0.2, 0.25) is 0 Å². The number of rotatable bonds is 6. The highest BCUT2D eigenvalue weighted by Gasteiger charge is 2.58. The maximum Gasteiger partial charge on any atom is 0.378 e. The maximum atomic E-state index is 3.98. The lowest BCUT2D eigenvalue weighted by molar-refractivity contribution is 0.652. The molecule has 42 heteroatoms. The normalized spacial score (nSPS) is 25.7. The van der Waals surface area contributed by atoms with Gasteiger partial charge in [-0.05, 0) is 28.2 Å². The fourth-order valence-corrected chi connectivity index (χ4v) is 8.28. The minimum absolute atomic E-state index is 0.0320. The average molecular weight is 701 g/mol. The van der Waals surface area contributed by atoms with E-state index in [0.29, 0.717) is 0 Å². The van der Waals surface area contributed by atoms with Crippen molar-refractivity contribution in [3.05, 3.63) is 0 Å². The summed E-state index contributed by atoms with van der Waals surface area (Å²) in [6.45, 7) is 13.3. The van der Waals surface area contributed by atoms with Crippen molar-refractivity contribution in [2.45, 2.75) is 40.9 Å². The fourth-order valence-electron chi connectivity index (χ4n) is 8.28. The average Bonchev–Trinajstić information content (AvgIpc) is 3.07. The second-order valence-corrected chi connectivity index (χ2v) is 15.0. The summed E-state index contributed by atoms with van der Waals surface area (Å²) in [5.41, 5.74) is 0. The number of nitrogens with one attached hydrogen (secondary N) is 20. The van der Waals surface area contributed by atoms with Gasteiger partial charge in [-0.3, -0.25) is 0 Å². The van der Waals surface area contributed by atoms with E-state index in [1.165, 1.54) is 0 Å². The van der Waals surface area contributed by atoms with Crippen LogP contribution < -0.4 is 103 Å². The first-order valence-electron chi connectivity index (χ1n) is 18.9. The first kappa shape index (κ1) is 40.4. The first-order valence-corrected chi connectivity index (χ1v) is 18.9. The summed E-state index contributed by atoms with van der Waals surface area (Å²) in [6, 6.07) is 0. The molecule has 7 fully saturated rings. The molecular weight excluding hydrogens is 651 g/mol. The Hall–Kier alpha value is 0.209. The molecule has 0 amide bonds. The summed E-state index contributed by atoms with van der Waals surface area (Å²) in [7, 11) is 5.06. The summed E-state index contributed by atoms with van der Waals surface area (Å²) < 4.78 is 9.26. The molecule has 52 heavy (non-hydrogen) atoms. The molecule has 0 aliphatic carbocycles. The predicted octanol–water partition coefficient (Wildman–Crippen LogP) is -13.9. The zero-order valence-corrected chi connectivity index (χ0v) is 32.2. The third-order valence-electron chi connectivity index (χ3n) is 10.9. The van der Waals surface area contributed by atoms with E-state index in [2.05, 4.69) is 177 Å². The molecule has 0 saturated carbocycles. The van der Waals surface area contributed by atoms with Crippen LogP contribution in [0.4, 0.5) is 0 Å². The molecule has 0 atom stereocenters. The van der Waals surface area contributed by atoms with Crippen molar-refractivity contribution in [1.82, 2.24) is 122 Å². The van der Waals surface area contributed by atoms with Crippen molar-refractivity contribution in [1.29, 1.82) is 0 Å². The second-order valence-electron chi connectivity index (χ2n) is 15.0. The van der Waals surface area contributed by atoms with Gasteiger partial charge in [0, 0.05) is 0 Å². The Balaban J connectivity index is 1.27. The Morgan fingerprint density at radius 3 is 1.60 bits per heavy atom. The summed E-state index contributed by atoms with van der Waals surface area (Å²) >= 11 is 0. The monoisotopic (exact) mass is 705 g/mol. The van der Waals surface area contributed by atoms with Crippen molar-refractivity contribution in [2.75, 3.05) is 28.2 Å². The predicted molar refractivity (Wildman–Crippen MR) is 233 cm³/mol. The van der Waals surface area contributed by atoms with E-state index >= 15 is 0 Å². The van der Waals surface area contributed by atoms with Crippen LogP contribution in [0.15, 0.2) is 0 Å². The summed E-state index contributed by atoms with van der Waals surface area (Å²) in [5.74, 6) is 0. The number of hydrogen-bond acceptors (Lipinski definition) is 24. The van der Waals surface area contributed by atoms with E-state index in [1.54, 1.807) is 0 Å². The molecule has 0 aromatic heterocycles. The standard InChI is InChI=1S/C10H50B18N24/c1-11-31-12(2)36-23(35-11)51-25-38-15(5)39-26(48-25)52(24-37-14(4)33-17(29-7)42-24)28-47-20(43-21(30-8)50(28)10)41-18-40-19(46-27(51)45-18)44-22-34-13(3)32-16(6)49(22)9/h29-48H,1-10H3. The van der Waals surface area contributed by atoms with Gasteiger partial charge in [0.15, 0.2) is 0 Å². The van der Waals surface area contributed by atoms with Crippen molar-refractivity contribution in [3.8, 4) is 0 Å². The smallest absolute Gasteiger partial charge is 0.372 e. The second kappa shape index (κ2) is 17.4. The van der Waals surface area contributed by atoms with Crippen LogP contribution in [0, 0.1) is 0 Å². The summed E-state index contributed by atoms with van der Waals surface area (Å²) in [5, 5.41) is 74.3. The third kappa shape index (κ3) is 9.00. The van der Waals surface area contributed by atoms with Crippen LogP contribution in [-0.4, -0.2) is 174 Å². The molecule has 0 radical (unpaired) electrons. The Bertz CT molecular complexity index is 1170. The topological polar surface area (TPSA) is 254 Å². The molecule has 7 aliphatic rings. The minimum atomic E-state index is -0.351. The first-order chi connectivity index (χ1) is 24.9. The summed E-state index contributed by atoms with van der Waals surface area (Å²) in [6.07, 6.45) is 0. The Labute approximate surface area is 317 Å². The molecule has 7 aliphatic heterocycles. The van der Waals surface area contributed by atoms with Crippen LogP contribution in [0.2, 0.25) is 40.9 Å². The van der Waals surface area contributed by atoms with Crippen LogP contribution in [0.25, 0.3) is 0 Å². The molecular formula is C10H50B18N24. The Morgan fingerprint density at radius 1 is 0.385 bits per heavy atom. The summed E-state index contributed by atoms with van der Waals surface area (Å²) in [4.78, 5) is 0. The van der Waals surface area contributed by atoms with E-state index in [1.807, 2.05) is 14.1 Å². The van der Waals surface area contributed by atoms with E-state index < -0.39 is 0 Å². The van der Waals surface area contributed by atoms with Gasteiger partial charge in [0.05, 0.1) is 0 Å². The zero-order valence-electron chi connectivity index (χ0n) is 32.2. The van der Waals surface area contributed by atoms with Crippen LogP contribution in [0.3, 0.4) is 0 Å². The molecule has 0 unspecified atom stereocenters. The molecule has 264 valence electrons. The third-order valence-corrected chi connectivity index (χ3v) is 10.9. The molecule has 20 N–H and O–H groups in total. The molecule has 7 heterocycles. The van der Waals surface area contributed by atoms with E-state index in [9.17, 15) is 0 Å². The Morgan fingerprint density at radius 2 is 0.923 bits per heavy atom. The highest BCUT2D eigenvalue weighted by Crippen LogP contribution is 2.11. The van der Waals surface area contributed by atoms with Crippen molar-refractivity contribution < 1.29 is 0 Å². The van der Waals surface area contributed by atoms with Gasteiger partial charge in [-0.1, -0.05) is 40.9 Å². The molecule has 24 nitrogen and oxygen atoms in total. The van der Waals surface area contributed by atoms with Gasteiger partial charge in [0.1, 0.15) is 0 Å². The minimum Gasteiger partial charge on any atom is -0.372 e. The quantitative estimate of drug-likeness (QED) is 0.115. The maximum absolute atomic E-state index is 3.98. The number of fused-ring (bicyclic) bond motifs is 6. The molecule has 0 spiro atoms. The van der Waals surface area contributed by atoms with Crippen LogP contribution in [0.5, 0.6) is 0 Å². The van der Waals surface area contributed by atoms with Gasteiger partial charge >= 0.3 is 85.4 Å². The fraction of sp³-hybridized carbons (Fsp3) is 1.00. The highest BCUT2D eigenvalue weighted by atomic mass is 15.4. The van der Waals surface area contributed by atoms with Crippen LogP contribution in [0.1, 0.15) is 0 Å². The van der Waals surface area contributed by atoms with E-state index in [4.69, 9.17) is 0 Å². The molecule has 7 saturated heterocycles.